The van der Waals surface area contributed by atoms with Gasteiger partial charge in [-0.25, -0.2) is 9.48 Å². The molecule has 1 aliphatic rings. The zero-order chi connectivity index (χ0) is 13.7. The maximum Gasteiger partial charge on any atom is 0.346 e. The third-order valence-electron chi connectivity index (χ3n) is 3.31. The molecule has 0 spiro atoms. The molecule has 108 valence electrons. The van der Waals surface area contributed by atoms with E-state index in [0.717, 1.165) is 31.6 Å². The van der Waals surface area contributed by atoms with Gasteiger partial charge in [-0.2, -0.15) is 5.10 Å². The fraction of sp³-hybridized carbons (Fsp3) is 0.846. The monoisotopic (exact) mass is 269 g/mol. The van der Waals surface area contributed by atoms with Crippen LogP contribution in [0.15, 0.2) is 4.79 Å². The van der Waals surface area contributed by atoms with Gasteiger partial charge in [-0.15, -0.1) is 0 Å². The number of nitrogens with zero attached hydrogens (tertiary/aromatic N) is 3. The van der Waals surface area contributed by atoms with Crippen LogP contribution in [0.4, 0.5) is 0 Å². The summed E-state index contributed by atoms with van der Waals surface area (Å²) in [5, 5.41) is 4.42. The zero-order valence-corrected chi connectivity index (χ0v) is 11.8. The highest BCUT2D eigenvalue weighted by Gasteiger charge is 2.18. The molecule has 1 aromatic heterocycles. The molecule has 0 fully saturated rings. The minimum atomic E-state index is -0.396. The van der Waals surface area contributed by atoms with E-state index in [4.69, 9.17) is 9.47 Å². The predicted octanol–water partition coefficient (Wildman–Crippen LogP) is 1.17. The molecule has 2 rings (SSSR count). The van der Waals surface area contributed by atoms with Gasteiger partial charge in [0, 0.05) is 26.2 Å². The summed E-state index contributed by atoms with van der Waals surface area (Å²) in [6.45, 7) is 6.09. The molecule has 0 saturated carbocycles. The minimum Gasteiger partial charge on any atom is -0.351 e. The van der Waals surface area contributed by atoms with Crippen molar-refractivity contribution in [1.82, 2.24) is 14.3 Å². The lowest BCUT2D eigenvalue weighted by Crippen LogP contribution is -2.32. The second kappa shape index (κ2) is 6.86. The highest BCUT2D eigenvalue weighted by molar-refractivity contribution is 4.90. The molecule has 0 aromatic carbocycles. The van der Waals surface area contributed by atoms with Crippen LogP contribution in [0.1, 0.15) is 38.9 Å². The number of rotatable bonds is 6. The quantitative estimate of drug-likeness (QED) is 0.727. The van der Waals surface area contributed by atoms with E-state index in [1.54, 1.807) is 4.57 Å². The van der Waals surface area contributed by atoms with Crippen LogP contribution in [0, 0.1) is 0 Å². The van der Waals surface area contributed by atoms with Gasteiger partial charge in [-0.1, -0.05) is 6.42 Å². The molecule has 0 unspecified atom stereocenters. The van der Waals surface area contributed by atoms with Crippen LogP contribution in [0.2, 0.25) is 0 Å². The van der Waals surface area contributed by atoms with Crippen molar-refractivity contribution in [1.29, 1.82) is 0 Å². The molecule has 0 aliphatic carbocycles. The lowest BCUT2D eigenvalue weighted by atomic mass is 10.2. The summed E-state index contributed by atoms with van der Waals surface area (Å²) < 4.78 is 14.2. The predicted molar refractivity (Wildman–Crippen MR) is 71.1 cm³/mol. The van der Waals surface area contributed by atoms with Crippen LogP contribution >= 0.6 is 0 Å². The molecular formula is C13H23N3O3. The normalized spacial score (nSPS) is 15.5. The van der Waals surface area contributed by atoms with E-state index in [0.29, 0.717) is 19.8 Å². The van der Waals surface area contributed by atoms with E-state index < -0.39 is 6.29 Å². The molecule has 19 heavy (non-hydrogen) atoms. The Morgan fingerprint density at radius 2 is 1.95 bits per heavy atom. The second-order valence-corrected chi connectivity index (χ2v) is 4.68. The number of fused-ring (bicyclic) bond motifs is 1. The first-order valence-electron chi connectivity index (χ1n) is 7.16. The first-order valence-corrected chi connectivity index (χ1v) is 7.16. The Hall–Kier alpha value is -1.14. The van der Waals surface area contributed by atoms with Crippen molar-refractivity contribution >= 4 is 0 Å². The van der Waals surface area contributed by atoms with Gasteiger partial charge in [0.15, 0.2) is 6.29 Å². The summed E-state index contributed by atoms with van der Waals surface area (Å²) in [6.07, 6.45) is 3.82. The van der Waals surface area contributed by atoms with E-state index in [1.165, 1.54) is 11.1 Å². The highest BCUT2D eigenvalue weighted by atomic mass is 16.7. The SMILES string of the molecule is CCOC(Cn1nc2n(c1=O)CCCCC2)OCC. The van der Waals surface area contributed by atoms with Gasteiger partial charge in [-0.3, -0.25) is 4.57 Å². The molecule has 0 saturated heterocycles. The van der Waals surface area contributed by atoms with Crippen molar-refractivity contribution in [3.8, 4) is 0 Å². The fourth-order valence-electron chi connectivity index (χ4n) is 2.41. The number of hydrogen-bond acceptors (Lipinski definition) is 4. The van der Waals surface area contributed by atoms with Crippen LogP contribution in [0.5, 0.6) is 0 Å². The smallest absolute Gasteiger partial charge is 0.346 e. The van der Waals surface area contributed by atoms with Crippen LogP contribution in [0.3, 0.4) is 0 Å². The summed E-state index contributed by atoms with van der Waals surface area (Å²) in [6, 6.07) is 0. The van der Waals surface area contributed by atoms with Gasteiger partial charge in [-0.05, 0) is 26.7 Å². The number of ether oxygens (including phenoxy) is 2. The van der Waals surface area contributed by atoms with Gasteiger partial charge in [0.05, 0.1) is 6.54 Å². The summed E-state index contributed by atoms with van der Waals surface area (Å²) in [5.74, 6) is 0.897. The Kier molecular flexibility index (Phi) is 5.15. The minimum absolute atomic E-state index is 0.0405. The van der Waals surface area contributed by atoms with Crippen LogP contribution < -0.4 is 5.69 Å². The number of aryl methyl sites for hydroxylation is 1. The Labute approximate surface area is 113 Å². The van der Waals surface area contributed by atoms with Crippen molar-refractivity contribution < 1.29 is 9.47 Å². The molecule has 0 amide bonds. The van der Waals surface area contributed by atoms with Crippen LogP contribution in [-0.2, 0) is 29.0 Å². The first kappa shape index (κ1) is 14.3. The molecule has 1 aliphatic heterocycles. The number of aromatic nitrogens is 3. The molecular weight excluding hydrogens is 246 g/mol. The lowest BCUT2D eigenvalue weighted by Gasteiger charge is -2.15. The summed E-state index contributed by atoms with van der Waals surface area (Å²) >= 11 is 0. The van der Waals surface area contributed by atoms with E-state index >= 15 is 0 Å². The van der Waals surface area contributed by atoms with Gasteiger partial charge < -0.3 is 9.47 Å². The third kappa shape index (κ3) is 3.45. The molecule has 2 heterocycles. The molecule has 6 nitrogen and oxygen atoms in total. The lowest BCUT2D eigenvalue weighted by molar-refractivity contribution is -0.145. The zero-order valence-electron chi connectivity index (χ0n) is 11.8. The van der Waals surface area contributed by atoms with Crippen molar-refractivity contribution in [3.63, 3.8) is 0 Å². The molecule has 1 aromatic rings. The van der Waals surface area contributed by atoms with Gasteiger partial charge in [0.1, 0.15) is 5.82 Å². The first-order chi connectivity index (χ1) is 9.26. The van der Waals surface area contributed by atoms with E-state index in [1.807, 2.05) is 13.8 Å². The van der Waals surface area contributed by atoms with Gasteiger partial charge in [0.2, 0.25) is 0 Å². The second-order valence-electron chi connectivity index (χ2n) is 4.68. The number of hydrogen-bond donors (Lipinski definition) is 0. The Bertz CT molecular complexity index is 446. The molecule has 0 bridgehead atoms. The molecule has 0 atom stereocenters. The van der Waals surface area contributed by atoms with Crippen LogP contribution in [0.25, 0.3) is 0 Å². The standard InChI is InChI=1S/C13H23N3O3/c1-3-18-12(19-4-2)10-16-13(17)15-9-7-5-6-8-11(15)14-16/h12H,3-10H2,1-2H3. The van der Waals surface area contributed by atoms with Crippen LogP contribution in [-0.4, -0.2) is 33.9 Å². The van der Waals surface area contributed by atoms with E-state index in [-0.39, 0.29) is 5.69 Å². The molecule has 0 N–H and O–H groups in total. The third-order valence-corrected chi connectivity index (χ3v) is 3.31. The summed E-state index contributed by atoms with van der Waals surface area (Å²) in [5.41, 5.74) is -0.0405. The maximum atomic E-state index is 12.3. The molecule has 0 radical (unpaired) electrons. The summed E-state index contributed by atoms with van der Waals surface area (Å²) in [4.78, 5) is 12.3. The van der Waals surface area contributed by atoms with Crippen molar-refractivity contribution in [2.75, 3.05) is 13.2 Å². The van der Waals surface area contributed by atoms with E-state index in [9.17, 15) is 4.79 Å². The Morgan fingerprint density at radius 3 is 2.63 bits per heavy atom. The average molecular weight is 269 g/mol. The molecule has 6 heteroatoms. The highest BCUT2D eigenvalue weighted by Crippen LogP contribution is 2.10. The topological polar surface area (TPSA) is 58.3 Å². The maximum absolute atomic E-state index is 12.3. The summed E-state index contributed by atoms with van der Waals surface area (Å²) in [7, 11) is 0. The fourth-order valence-corrected chi connectivity index (χ4v) is 2.41. The largest absolute Gasteiger partial charge is 0.351 e. The Balaban J connectivity index is 2.14. The average Bonchev–Trinajstić information content (AvgIpc) is 2.57. The van der Waals surface area contributed by atoms with Crippen molar-refractivity contribution in [2.45, 2.75) is 58.9 Å². The van der Waals surface area contributed by atoms with Gasteiger partial charge >= 0.3 is 5.69 Å². The Morgan fingerprint density at radius 1 is 1.21 bits per heavy atom. The van der Waals surface area contributed by atoms with Crippen molar-refractivity contribution in [3.05, 3.63) is 16.3 Å². The van der Waals surface area contributed by atoms with Crippen molar-refractivity contribution in [2.24, 2.45) is 0 Å². The van der Waals surface area contributed by atoms with Gasteiger partial charge in [0.25, 0.3) is 0 Å². The van der Waals surface area contributed by atoms with E-state index in [2.05, 4.69) is 5.10 Å².